The first-order valence-corrected chi connectivity index (χ1v) is 10.8. The van der Waals surface area contributed by atoms with Crippen LogP contribution in [0, 0.1) is 0 Å². The topological polar surface area (TPSA) is 81.5 Å². The Balaban J connectivity index is 1.65. The van der Waals surface area contributed by atoms with Crippen molar-refractivity contribution in [3.8, 4) is 0 Å². The highest BCUT2D eigenvalue weighted by Gasteiger charge is 2.39. The number of amides is 1. The Bertz CT molecular complexity index is 795. The fourth-order valence-electron chi connectivity index (χ4n) is 3.83. The summed E-state index contributed by atoms with van der Waals surface area (Å²) in [6.45, 7) is 5.58. The fourth-order valence-corrected chi connectivity index (χ4v) is 5.52. The minimum atomic E-state index is -2.99. The maximum Gasteiger partial charge on any atom is 0.274 e. The van der Waals surface area contributed by atoms with E-state index >= 15 is 0 Å². The van der Waals surface area contributed by atoms with Gasteiger partial charge in [0.1, 0.15) is 0 Å². The van der Waals surface area contributed by atoms with Crippen LogP contribution in [0.15, 0.2) is 6.07 Å². The molecule has 1 atom stereocenters. The Morgan fingerprint density at radius 1 is 1.32 bits per heavy atom. The quantitative estimate of drug-likeness (QED) is 0.806. The van der Waals surface area contributed by atoms with Gasteiger partial charge in [0.05, 0.1) is 36.3 Å². The van der Waals surface area contributed by atoms with Gasteiger partial charge in [-0.05, 0) is 39.2 Å². The van der Waals surface area contributed by atoms with Crippen molar-refractivity contribution in [2.24, 2.45) is 0 Å². The first-order chi connectivity index (χ1) is 11.8. The molecule has 1 unspecified atom stereocenters. The molecular weight excluding hydrogens is 342 g/mol. The number of hydrogen-bond donors (Lipinski definition) is 0. The Kier molecular flexibility index (Phi) is 3.95. The second-order valence-corrected chi connectivity index (χ2v) is 10.3. The molecule has 0 aromatic carbocycles. The van der Waals surface area contributed by atoms with Gasteiger partial charge in [-0.25, -0.2) is 8.42 Å². The summed E-state index contributed by atoms with van der Waals surface area (Å²) in [6, 6.07) is 1.75. The smallest absolute Gasteiger partial charge is 0.274 e. The molecule has 2 saturated heterocycles. The number of nitrogens with zero attached hydrogens (tertiary/aromatic N) is 3. The van der Waals surface area contributed by atoms with Crippen molar-refractivity contribution < 1.29 is 17.9 Å². The molecule has 0 N–H and O–H groups in total. The molecule has 2 aliphatic heterocycles. The van der Waals surface area contributed by atoms with Crippen molar-refractivity contribution >= 4 is 15.7 Å². The van der Waals surface area contributed by atoms with Gasteiger partial charge in [0, 0.05) is 18.2 Å². The molecule has 138 valence electrons. The van der Waals surface area contributed by atoms with E-state index in [4.69, 9.17) is 4.74 Å². The molecule has 4 rings (SSSR count). The van der Waals surface area contributed by atoms with E-state index in [9.17, 15) is 13.2 Å². The van der Waals surface area contributed by atoms with E-state index in [1.54, 1.807) is 0 Å². The maximum atomic E-state index is 13.0. The molecular formula is C17H25N3O4S. The second kappa shape index (κ2) is 5.81. The van der Waals surface area contributed by atoms with Crippen LogP contribution in [-0.4, -0.2) is 65.8 Å². The summed E-state index contributed by atoms with van der Waals surface area (Å²) in [5, 5.41) is 4.58. The molecule has 8 heteroatoms. The lowest BCUT2D eigenvalue weighted by Gasteiger charge is -2.41. The summed E-state index contributed by atoms with van der Waals surface area (Å²) in [7, 11) is -2.99. The molecule has 1 aromatic heterocycles. The van der Waals surface area contributed by atoms with Crippen LogP contribution in [0.1, 0.15) is 61.3 Å². The predicted molar refractivity (Wildman–Crippen MR) is 92.4 cm³/mol. The highest BCUT2D eigenvalue weighted by atomic mass is 32.2. The van der Waals surface area contributed by atoms with Crippen LogP contribution >= 0.6 is 0 Å². The lowest BCUT2D eigenvalue weighted by atomic mass is 10.0. The minimum absolute atomic E-state index is 0.0881. The van der Waals surface area contributed by atoms with Crippen molar-refractivity contribution in [2.45, 2.75) is 50.6 Å². The molecule has 7 nitrogen and oxygen atoms in total. The zero-order valence-electron chi connectivity index (χ0n) is 14.8. The number of rotatable bonds is 3. The molecule has 0 bridgehead atoms. The van der Waals surface area contributed by atoms with Gasteiger partial charge in [0.15, 0.2) is 15.5 Å². The molecule has 3 fully saturated rings. The zero-order chi connectivity index (χ0) is 17.8. The first kappa shape index (κ1) is 17.0. The molecule has 3 aliphatic rings. The van der Waals surface area contributed by atoms with Crippen LogP contribution in [0.3, 0.4) is 0 Å². The summed E-state index contributed by atoms with van der Waals surface area (Å²) in [4.78, 5) is 14.9. The van der Waals surface area contributed by atoms with E-state index in [0.717, 1.165) is 18.5 Å². The van der Waals surface area contributed by atoms with Crippen molar-refractivity contribution in [1.82, 2.24) is 14.7 Å². The average Bonchev–Trinajstić information content (AvgIpc) is 3.18. The Labute approximate surface area is 148 Å². The van der Waals surface area contributed by atoms with Gasteiger partial charge < -0.3 is 9.64 Å². The second-order valence-electron chi connectivity index (χ2n) is 8.05. The lowest BCUT2D eigenvalue weighted by Crippen LogP contribution is -2.55. The van der Waals surface area contributed by atoms with Crippen LogP contribution in [0.5, 0.6) is 0 Å². The Morgan fingerprint density at radius 3 is 2.68 bits per heavy atom. The predicted octanol–water partition coefficient (Wildman–Crippen LogP) is 1.37. The van der Waals surface area contributed by atoms with E-state index in [2.05, 4.69) is 5.10 Å². The standard InChI is InChI=1S/C17H25N3O4S/c1-17(2)11-24-7-6-19(17)16(21)14-9-15(12-3-4-12)20(18-14)13-5-8-25(22,23)10-13/h9,12-13H,3-8,10-11H2,1-2H3. The van der Waals surface area contributed by atoms with Crippen LogP contribution in [0.4, 0.5) is 0 Å². The normalized spacial score (nSPS) is 28.2. The number of carbonyl (C=O) groups is 1. The SMILES string of the molecule is CC1(C)COCCN1C(=O)c1cc(C2CC2)n(C2CCS(=O)(=O)C2)n1. The van der Waals surface area contributed by atoms with Crippen LogP contribution in [0.25, 0.3) is 0 Å². The molecule has 25 heavy (non-hydrogen) atoms. The van der Waals surface area contributed by atoms with Gasteiger partial charge in [-0.1, -0.05) is 0 Å². The summed E-state index contributed by atoms with van der Waals surface area (Å²) >= 11 is 0. The number of aromatic nitrogens is 2. The summed E-state index contributed by atoms with van der Waals surface area (Å²) in [6.07, 6.45) is 2.75. The third-order valence-electron chi connectivity index (χ3n) is 5.42. The van der Waals surface area contributed by atoms with E-state index in [1.807, 2.05) is 29.5 Å². The number of ether oxygens (including phenoxy) is 1. The van der Waals surface area contributed by atoms with E-state index in [-0.39, 0.29) is 29.0 Å². The molecule has 3 heterocycles. The van der Waals surface area contributed by atoms with E-state index in [0.29, 0.717) is 37.8 Å². The minimum Gasteiger partial charge on any atom is -0.377 e. The maximum absolute atomic E-state index is 13.0. The third kappa shape index (κ3) is 3.21. The van der Waals surface area contributed by atoms with Gasteiger partial charge in [-0.3, -0.25) is 9.48 Å². The van der Waals surface area contributed by atoms with Gasteiger partial charge in [-0.2, -0.15) is 5.10 Å². The lowest BCUT2D eigenvalue weighted by molar-refractivity contribution is -0.0373. The number of hydrogen-bond acceptors (Lipinski definition) is 5. The van der Waals surface area contributed by atoms with Crippen LogP contribution in [-0.2, 0) is 14.6 Å². The third-order valence-corrected chi connectivity index (χ3v) is 7.17. The van der Waals surface area contributed by atoms with E-state index in [1.165, 1.54) is 0 Å². The Hall–Kier alpha value is -1.41. The molecule has 0 radical (unpaired) electrons. The number of morpholine rings is 1. The van der Waals surface area contributed by atoms with Crippen LogP contribution in [0.2, 0.25) is 0 Å². The summed E-state index contributed by atoms with van der Waals surface area (Å²) in [5.41, 5.74) is 1.09. The Morgan fingerprint density at radius 2 is 2.08 bits per heavy atom. The van der Waals surface area contributed by atoms with Crippen molar-refractivity contribution in [3.63, 3.8) is 0 Å². The highest BCUT2D eigenvalue weighted by molar-refractivity contribution is 7.91. The highest BCUT2D eigenvalue weighted by Crippen LogP contribution is 2.42. The van der Waals surface area contributed by atoms with E-state index < -0.39 is 9.84 Å². The number of sulfone groups is 1. The van der Waals surface area contributed by atoms with Gasteiger partial charge in [0.2, 0.25) is 0 Å². The fraction of sp³-hybridized carbons (Fsp3) is 0.765. The monoisotopic (exact) mass is 367 g/mol. The van der Waals surface area contributed by atoms with Crippen LogP contribution < -0.4 is 0 Å². The van der Waals surface area contributed by atoms with Crippen molar-refractivity contribution in [2.75, 3.05) is 31.3 Å². The molecule has 1 aliphatic carbocycles. The van der Waals surface area contributed by atoms with Crippen molar-refractivity contribution in [3.05, 3.63) is 17.5 Å². The van der Waals surface area contributed by atoms with Gasteiger partial charge >= 0.3 is 0 Å². The molecule has 1 amide bonds. The first-order valence-electron chi connectivity index (χ1n) is 8.96. The average molecular weight is 367 g/mol. The molecule has 1 saturated carbocycles. The van der Waals surface area contributed by atoms with Gasteiger partial charge in [0.25, 0.3) is 5.91 Å². The zero-order valence-corrected chi connectivity index (χ0v) is 15.6. The van der Waals surface area contributed by atoms with Gasteiger partial charge in [-0.15, -0.1) is 0 Å². The van der Waals surface area contributed by atoms with Crippen molar-refractivity contribution in [1.29, 1.82) is 0 Å². The largest absolute Gasteiger partial charge is 0.377 e. The summed E-state index contributed by atoms with van der Waals surface area (Å²) < 4.78 is 31.0. The molecule has 1 aromatic rings. The number of carbonyl (C=O) groups excluding carboxylic acids is 1. The molecule has 0 spiro atoms. The summed E-state index contributed by atoms with van der Waals surface area (Å²) in [5.74, 6) is 0.664.